The van der Waals surface area contributed by atoms with Gasteiger partial charge in [0, 0.05) is 19.5 Å². The molecule has 0 aliphatic heterocycles. The van der Waals surface area contributed by atoms with Crippen molar-refractivity contribution in [2.75, 3.05) is 13.6 Å². The highest BCUT2D eigenvalue weighted by Gasteiger charge is 2.26. The predicted octanol–water partition coefficient (Wildman–Crippen LogP) is 1.82. The second-order valence-corrected chi connectivity index (χ2v) is 8.88. The Morgan fingerprint density at radius 2 is 2.26 bits per heavy atom. The van der Waals surface area contributed by atoms with Crippen LogP contribution in [0.1, 0.15) is 12.5 Å². The molecular formula is C10H16BrN3O3S2. The van der Waals surface area contributed by atoms with Crippen LogP contribution in [0, 0.1) is 12.8 Å². The Hall–Kier alpha value is -0.640. The summed E-state index contributed by atoms with van der Waals surface area (Å²) in [6.45, 7) is 3.67. The van der Waals surface area contributed by atoms with Crippen LogP contribution in [0.4, 0.5) is 0 Å². The number of nitrogens with zero attached hydrogens (tertiary/aromatic N) is 2. The Morgan fingerprint density at radius 1 is 1.68 bits per heavy atom. The molecule has 9 heteroatoms. The lowest BCUT2D eigenvalue weighted by Crippen LogP contribution is -2.36. The van der Waals surface area contributed by atoms with Crippen molar-refractivity contribution in [3.63, 3.8) is 0 Å². The number of halogens is 1. The van der Waals surface area contributed by atoms with Gasteiger partial charge in [-0.15, -0.1) is 11.3 Å². The Balaban J connectivity index is 2.95. The second-order valence-electron chi connectivity index (χ2n) is 4.23. The predicted molar refractivity (Wildman–Crippen MR) is 79.1 cm³/mol. The summed E-state index contributed by atoms with van der Waals surface area (Å²) in [5, 5.41) is 11.5. The van der Waals surface area contributed by atoms with Crippen LogP contribution in [-0.4, -0.2) is 37.4 Å². The van der Waals surface area contributed by atoms with Crippen LogP contribution >= 0.6 is 27.3 Å². The van der Waals surface area contributed by atoms with E-state index in [2.05, 4.69) is 21.1 Å². The third-order valence-electron chi connectivity index (χ3n) is 2.65. The van der Waals surface area contributed by atoms with Crippen molar-refractivity contribution in [1.82, 2.24) is 4.31 Å². The molecule has 0 amide bonds. The lowest BCUT2D eigenvalue weighted by Gasteiger charge is -2.19. The van der Waals surface area contributed by atoms with Gasteiger partial charge in [-0.3, -0.25) is 0 Å². The molecule has 1 rings (SSSR count). The maximum atomic E-state index is 12.3. The molecule has 3 N–H and O–H groups in total. The molecule has 0 aromatic carbocycles. The van der Waals surface area contributed by atoms with E-state index in [1.165, 1.54) is 22.7 Å². The lowest BCUT2D eigenvalue weighted by molar-refractivity contribution is 0.312. The van der Waals surface area contributed by atoms with Crippen LogP contribution in [0.25, 0.3) is 0 Å². The highest BCUT2D eigenvalue weighted by atomic mass is 79.9. The monoisotopic (exact) mass is 369 g/mol. The summed E-state index contributed by atoms with van der Waals surface area (Å²) in [7, 11) is -2.08. The zero-order valence-corrected chi connectivity index (χ0v) is 14.0. The first-order valence-corrected chi connectivity index (χ1v) is 8.44. The van der Waals surface area contributed by atoms with Crippen molar-refractivity contribution < 1.29 is 13.6 Å². The normalized spacial score (nSPS) is 14.9. The largest absolute Gasteiger partial charge is 0.409 e. The van der Waals surface area contributed by atoms with Crippen molar-refractivity contribution in [3.8, 4) is 0 Å². The summed E-state index contributed by atoms with van der Waals surface area (Å²) in [5.41, 5.74) is 6.32. The Kier molecular flexibility index (Phi) is 5.36. The molecule has 19 heavy (non-hydrogen) atoms. The zero-order valence-electron chi connectivity index (χ0n) is 10.8. The van der Waals surface area contributed by atoms with Crippen LogP contribution in [0.5, 0.6) is 0 Å². The average Bonchev–Trinajstić information content (AvgIpc) is 2.69. The van der Waals surface area contributed by atoms with Gasteiger partial charge in [-0.2, -0.15) is 4.31 Å². The second kappa shape index (κ2) is 6.21. The van der Waals surface area contributed by atoms with Gasteiger partial charge in [-0.05, 0) is 34.5 Å². The SMILES string of the molecule is Cc1cc(S(=O)(=O)N(C)CC(C)C(N)=NO)sc1Br. The van der Waals surface area contributed by atoms with E-state index in [1.54, 1.807) is 13.0 Å². The van der Waals surface area contributed by atoms with Gasteiger partial charge in [0.15, 0.2) is 0 Å². The average molecular weight is 370 g/mol. The molecule has 1 heterocycles. The Labute approximate surface area is 125 Å². The molecule has 108 valence electrons. The van der Waals surface area contributed by atoms with Crippen molar-refractivity contribution in [3.05, 3.63) is 15.4 Å². The Bertz CT molecular complexity index is 563. The van der Waals surface area contributed by atoms with Gasteiger partial charge in [-0.25, -0.2) is 8.42 Å². The molecule has 1 aromatic rings. The lowest BCUT2D eigenvalue weighted by atomic mass is 10.2. The van der Waals surface area contributed by atoms with E-state index in [1.807, 2.05) is 6.92 Å². The van der Waals surface area contributed by atoms with E-state index in [0.29, 0.717) is 0 Å². The topological polar surface area (TPSA) is 96.0 Å². The minimum atomic E-state index is -3.55. The number of sulfonamides is 1. The molecule has 1 unspecified atom stereocenters. The summed E-state index contributed by atoms with van der Waals surface area (Å²) in [4.78, 5) is 0. The number of amidine groups is 1. The van der Waals surface area contributed by atoms with Gasteiger partial charge >= 0.3 is 0 Å². The van der Waals surface area contributed by atoms with E-state index < -0.39 is 10.0 Å². The zero-order chi connectivity index (χ0) is 14.8. The number of thiophene rings is 1. The van der Waals surface area contributed by atoms with Crippen molar-refractivity contribution in [2.45, 2.75) is 18.1 Å². The van der Waals surface area contributed by atoms with E-state index in [4.69, 9.17) is 10.9 Å². The number of rotatable bonds is 5. The van der Waals surface area contributed by atoms with Gasteiger partial charge in [0.25, 0.3) is 10.0 Å². The molecular weight excluding hydrogens is 354 g/mol. The summed E-state index contributed by atoms with van der Waals surface area (Å²) < 4.78 is 26.9. The Morgan fingerprint density at radius 3 is 2.68 bits per heavy atom. The first kappa shape index (κ1) is 16.4. The number of hydrogen-bond acceptors (Lipinski definition) is 5. The number of nitrogens with two attached hydrogens (primary N) is 1. The van der Waals surface area contributed by atoms with Gasteiger partial charge in [-0.1, -0.05) is 12.1 Å². The molecule has 0 spiro atoms. The standard InChI is InChI=1S/C10H16BrN3O3S2/c1-6-4-8(18-9(6)11)19(16,17)14(3)5-7(2)10(12)13-15/h4,7,15H,5H2,1-3H3,(H2,12,13). The van der Waals surface area contributed by atoms with Crippen LogP contribution in [-0.2, 0) is 10.0 Å². The van der Waals surface area contributed by atoms with Gasteiger partial charge in [0.2, 0.25) is 0 Å². The highest BCUT2D eigenvalue weighted by Crippen LogP contribution is 2.32. The summed E-state index contributed by atoms with van der Waals surface area (Å²) in [6.07, 6.45) is 0. The van der Waals surface area contributed by atoms with E-state index in [0.717, 1.165) is 9.35 Å². The van der Waals surface area contributed by atoms with Gasteiger partial charge < -0.3 is 10.9 Å². The quantitative estimate of drug-likeness (QED) is 0.358. The molecule has 6 nitrogen and oxygen atoms in total. The van der Waals surface area contributed by atoms with Crippen LogP contribution in [0.3, 0.4) is 0 Å². The summed E-state index contributed by atoms with van der Waals surface area (Å²) >= 11 is 4.47. The molecule has 0 saturated carbocycles. The molecule has 0 aliphatic carbocycles. The molecule has 0 saturated heterocycles. The van der Waals surface area contributed by atoms with Gasteiger partial charge in [0.05, 0.1) is 3.79 Å². The fourth-order valence-electron chi connectivity index (χ4n) is 1.39. The number of aryl methyl sites for hydroxylation is 1. The molecule has 1 aromatic heterocycles. The van der Waals surface area contributed by atoms with Crippen molar-refractivity contribution in [2.24, 2.45) is 16.8 Å². The molecule has 0 radical (unpaired) electrons. The van der Waals surface area contributed by atoms with Crippen LogP contribution in [0.15, 0.2) is 19.2 Å². The number of oxime groups is 1. The maximum absolute atomic E-state index is 12.3. The third-order valence-corrected chi connectivity index (χ3v) is 7.06. The molecule has 0 fully saturated rings. The van der Waals surface area contributed by atoms with Crippen LogP contribution < -0.4 is 5.73 Å². The van der Waals surface area contributed by atoms with Crippen LogP contribution in [0.2, 0.25) is 0 Å². The molecule has 0 aliphatic rings. The third kappa shape index (κ3) is 3.68. The minimum absolute atomic E-state index is 0.00518. The molecule has 1 atom stereocenters. The fraction of sp³-hybridized carbons (Fsp3) is 0.500. The van der Waals surface area contributed by atoms with Crippen molar-refractivity contribution in [1.29, 1.82) is 0 Å². The van der Waals surface area contributed by atoms with E-state index in [9.17, 15) is 8.42 Å². The first-order chi connectivity index (χ1) is 8.70. The first-order valence-electron chi connectivity index (χ1n) is 5.39. The fourth-order valence-corrected chi connectivity index (χ4v) is 5.09. The smallest absolute Gasteiger partial charge is 0.252 e. The van der Waals surface area contributed by atoms with E-state index in [-0.39, 0.29) is 22.5 Å². The van der Waals surface area contributed by atoms with E-state index >= 15 is 0 Å². The summed E-state index contributed by atoms with van der Waals surface area (Å²) in [5.74, 6) is -0.361. The minimum Gasteiger partial charge on any atom is -0.409 e. The highest BCUT2D eigenvalue weighted by molar-refractivity contribution is 9.11. The summed E-state index contributed by atoms with van der Waals surface area (Å²) in [6, 6.07) is 1.62. The number of hydrogen-bond donors (Lipinski definition) is 2. The molecule has 0 bridgehead atoms. The van der Waals surface area contributed by atoms with Crippen molar-refractivity contribution >= 4 is 43.1 Å². The maximum Gasteiger partial charge on any atom is 0.252 e. The van der Waals surface area contributed by atoms with Gasteiger partial charge in [0.1, 0.15) is 10.0 Å².